The molecular weight excluding hydrogens is 317 g/mol. The van der Waals surface area contributed by atoms with Crippen molar-refractivity contribution in [3.05, 3.63) is 46.6 Å². The molecule has 3 rings (SSSR count). The van der Waals surface area contributed by atoms with Crippen LogP contribution in [0.15, 0.2) is 30.3 Å². The van der Waals surface area contributed by atoms with E-state index in [1.165, 1.54) is 24.3 Å². The lowest BCUT2D eigenvalue weighted by Crippen LogP contribution is -2.12. The molecule has 23 heavy (non-hydrogen) atoms. The molecule has 0 spiro atoms. The Hall–Kier alpha value is -3.18. The number of nitrogens with one attached hydrogen (secondary N) is 1. The number of carbonyl (C=O) groups excluding carboxylic acids is 1. The molecule has 8 heteroatoms. The van der Waals surface area contributed by atoms with Crippen molar-refractivity contribution in [2.24, 2.45) is 0 Å². The van der Waals surface area contributed by atoms with Crippen LogP contribution in [0.25, 0.3) is 10.2 Å². The molecule has 0 saturated carbocycles. The van der Waals surface area contributed by atoms with Crippen LogP contribution < -0.4 is 16.8 Å². The highest BCUT2D eigenvalue weighted by Gasteiger charge is 2.19. The highest BCUT2D eigenvalue weighted by Crippen LogP contribution is 2.34. The standard InChI is InChI=1S/C15H10FN5OS/c16-8-2-1-3-9(5-8)20-14(22)12-11(18)10-4-7(6-17)13(19)21-15(10)23-12/h1-5H,18H2,(H2,19,21)(H,20,22). The Morgan fingerprint density at radius 3 is 2.83 bits per heavy atom. The molecule has 0 unspecified atom stereocenters. The van der Waals surface area contributed by atoms with Crippen molar-refractivity contribution in [1.82, 2.24) is 4.98 Å². The van der Waals surface area contributed by atoms with E-state index in [-0.39, 0.29) is 21.9 Å². The number of rotatable bonds is 2. The van der Waals surface area contributed by atoms with E-state index in [1.807, 2.05) is 6.07 Å². The quantitative estimate of drug-likeness (QED) is 0.669. The zero-order valence-electron chi connectivity index (χ0n) is 11.6. The number of amides is 1. The second-order valence-corrected chi connectivity index (χ2v) is 5.69. The van der Waals surface area contributed by atoms with Gasteiger partial charge in [-0.2, -0.15) is 5.26 Å². The van der Waals surface area contributed by atoms with Crippen molar-refractivity contribution in [2.75, 3.05) is 16.8 Å². The third-order valence-electron chi connectivity index (χ3n) is 3.16. The fraction of sp³-hybridized carbons (Fsp3) is 0. The maximum Gasteiger partial charge on any atom is 0.267 e. The van der Waals surface area contributed by atoms with E-state index in [4.69, 9.17) is 16.7 Å². The summed E-state index contributed by atoms with van der Waals surface area (Å²) >= 11 is 1.06. The van der Waals surface area contributed by atoms with E-state index >= 15 is 0 Å². The summed E-state index contributed by atoms with van der Waals surface area (Å²) < 4.78 is 13.2. The molecule has 5 N–H and O–H groups in total. The minimum Gasteiger partial charge on any atom is -0.397 e. The van der Waals surface area contributed by atoms with Crippen LogP contribution in [0, 0.1) is 17.1 Å². The molecule has 114 valence electrons. The molecule has 2 aromatic heterocycles. The summed E-state index contributed by atoms with van der Waals surface area (Å²) in [5, 5.41) is 12.0. The monoisotopic (exact) mass is 327 g/mol. The second-order valence-electron chi connectivity index (χ2n) is 4.70. The van der Waals surface area contributed by atoms with Crippen molar-refractivity contribution in [1.29, 1.82) is 5.26 Å². The van der Waals surface area contributed by atoms with Gasteiger partial charge in [-0.15, -0.1) is 11.3 Å². The minimum absolute atomic E-state index is 0.0818. The molecule has 6 nitrogen and oxygen atoms in total. The lowest BCUT2D eigenvalue weighted by molar-refractivity contribution is 0.103. The Kier molecular flexibility index (Phi) is 3.56. The first kappa shape index (κ1) is 14.7. The number of nitrogens with zero attached hydrogens (tertiary/aromatic N) is 2. The maximum atomic E-state index is 13.2. The molecule has 0 atom stereocenters. The van der Waals surface area contributed by atoms with Gasteiger partial charge in [0, 0.05) is 11.1 Å². The normalized spacial score (nSPS) is 10.4. The largest absolute Gasteiger partial charge is 0.397 e. The number of halogens is 1. The van der Waals surface area contributed by atoms with Gasteiger partial charge in [-0.1, -0.05) is 6.07 Å². The Morgan fingerprint density at radius 1 is 1.35 bits per heavy atom. The van der Waals surface area contributed by atoms with E-state index in [0.29, 0.717) is 15.9 Å². The van der Waals surface area contributed by atoms with Gasteiger partial charge in [-0.3, -0.25) is 4.79 Å². The molecule has 0 fully saturated rings. The summed E-state index contributed by atoms with van der Waals surface area (Å²) in [6.45, 7) is 0. The smallest absolute Gasteiger partial charge is 0.267 e. The number of nitriles is 1. The molecule has 0 radical (unpaired) electrons. The molecule has 1 aromatic carbocycles. The van der Waals surface area contributed by atoms with Crippen molar-refractivity contribution >= 4 is 44.7 Å². The number of hydrogen-bond donors (Lipinski definition) is 3. The predicted molar refractivity (Wildman–Crippen MR) is 87.5 cm³/mol. The van der Waals surface area contributed by atoms with Crippen LogP contribution in [0.1, 0.15) is 15.2 Å². The van der Waals surface area contributed by atoms with Gasteiger partial charge >= 0.3 is 0 Å². The maximum absolute atomic E-state index is 13.2. The first-order valence-corrected chi connectivity index (χ1v) is 7.26. The number of hydrogen-bond acceptors (Lipinski definition) is 6. The Balaban J connectivity index is 2.01. The fourth-order valence-corrected chi connectivity index (χ4v) is 3.05. The molecule has 1 amide bonds. The summed E-state index contributed by atoms with van der Waals surface area (Å²) in [5.41, 5.74) is 12.4. The van der Waals surface area contributed by atoms with Gasteiger partial charge in [0.2, 0.25) is 0 Å². The van der Waals surface area contributed by atoms with Gasteiger partial charge in [0.1, 0.15) is 27.4 Å². The van der Waals surface area contributed by atoms with Crippen molar-refractivity contribution in [3.8, 4) is 6.07 Å². The SMILES string of the molecule is N#Cc1cc2c(N)c(C(=O)Nc3cccc(F)c3)sc2nc1N. The lowest BCUT2D eigenvalue weighted by atomic mass is 10.2. The number of nitrogen functional groups attached to an aromatic ring is 2. The van der Waals surface area contributed by atoms with Crippen molar-refractivity contribution < 1.29 is 9.18 Å². The van der Waals surface area contributed by atoms with Crippen LogP contribution in [-0.4, -0.2) is 10.9 Å². The van der Waals surface area contributed by atoms with Crippen LogP contribution in [-0.2, 0) is 0 Å². The second kappa shape index (κ2) is 5.55. The van der Waals surface area contributed by atoms with Gasteiger partial charge in [-0.25, -0.2) is 9.37 Å². The molecule has 0 aliphatic heterocycles. The van der Waals surface area contributed by atoms with Gasteiger partial charge in [-0.05, 0) is 24.3 Å². The number of thiophene rings is 1. The molecular formula is C15H10FN5OS. The molecule has 3 aromatic rings. The summed E-state index contributed by atoms with van der Waals surface area (Å²) in [5.74, 6) is -0.855. The summed E-state index contributed by atoms with van der Waals surface area (Å²) in [6, 6.07) is 8.95. The fourth-order valence-electron chi connectivity index (χ4n) is 2.07. The average Bonchev–Trinajstić information content (AvgIpc) is 2.82. The van der Waals surface area contributed by atoms with Gasteiger partial charge in [0.25, 0.3) is 5.91 Å². The number of carbonyl (C=O) groups is 1. The first-order chi connectivity index (χ1) is 11.0. The van der Waals surface area contributed by atoms with Crippen LogP contribution in [0.4, 0.5) is 21.6 Å². The lowest BCUT2D eigenvalue weighted by Gasteiger charge is -2.04. The highest BCUT2D eigenvalue weighted by atomic mass is 32.1. The van der Waals surface area contributed by atoms with E-state index in [2.05, 4.69) is 10.3 Å². The third kappa shape index (κ3) is 2.65. The Bertz CT molecular complexity index is 976. The molecule has 0 bridgehead atoms. The van der Waals surface area contributed by atoms with E-state index in [0.717, 1.165) is 11.3 Å². The van der Waals surface area contributed by atoms with Crippen LogP contribution in [0.3, 0.4) is 0 Å². The van der Waals surface area contributed by atoms with Crippen LogP contribution in [0.5, 0.6) is 0 Å². The minimum atomic E-state index is -0.479. The predicted octanol–water partition coefficient (Wildman–Crippen LogP) is 2.72. The Morgan fingerprint density at radius 2 is 2.13 bits per heavy atom. The number of nitrogens with two attached hydrogens (primary N) is 2. The summed E-state index contributed by atoms with van der Waals surface area (Å²) in [6.07, 6.45) is 0. The average molecular weight is 327 g/mol. The Labute approximate surface area is 134 Å². The number of aromatic nitrogens is 1. The zero-order valence-corrected chi connectivity index (χ0v) is 12.4. The van der Waals surface area contributed by atoms with E-state index < -0.39 is 11.7 Å². The zero-order chi connectivity index (χ0) is 16.6. The number of fused-ring (bicyclic) bond motifs is 1. The first-order valence-electron chi connectivity index (χ1n) is 6.45. The number of anilines is 3. The van der Waals surface area contributed by atoms with E-state index in [1.54, 1.807) is 6.07 Å². The van der Waals surface area contributed by atoms with Gasteiger partial charge < -0.3 is 16.8 Å². The van der Waals surface area contributed by atoms with Crippen molar-refractivity contribution in [3.63, 3.8) is 0 Å². The summed E-state index contributed by atoms with van der Waals surface area (Å²) in [4.78, 5) is 17.1. The third-order valence-corrected chi connectivity index (χ3v) is 4.27. The van der Waals surface area contributed by atoms with Gasteiger partial charge in [0.05, 0.1) is 11.3 Å². The van der Waals surface area contributed by atoms with Crippen LogP contribution in [0.2, 0.25) is 0 Å². The molecule has 0 saturated heterocycles. The molecule has 2 heterocycles. The highest BCUT2D eigenvalue weighted by molar-refractivity contribution is 7.21. The van der Waals surface area contributed by atoms with Crippen LogP contribution >= 0.6 is 11.3 Å². The topological polar surface area (TPSA) is 118 Å². The molecule has 0 aliphatic carbocycles. The van der Waals surface area contributed by atoms with Crippen molar-refractivity contribution in [2.45, 2.75) is 0 Å². The summed E-state index contributed by atoms with van der Waals surface area (Å²) in [7, 11) is 0. The number of pyridine rings is 1. The van der Waals surface area contributed by atoms with Gasteiger partial charge in [0.15, 0.2) is 0 Å². The molecule has 0 aliphatic rings. The number of benzene rings is 1. The van der Waals surface area contributed by atoms with E-state index in [9.17, 15) is 9.18 Å².